The van der Waals surface area contributed by atoms with E-state index in [-0.39, 0.29) is 5.75 Å². The van der Waals surface area contributed by atoms with Gasteiger partial charge in [-0.1, -0.05) is 23.8 Å². The first kappa shape index (κ1) is 17.1. The molecule has 0 saturated heterocycles. The van der Waals surface area contributed by atoms with E-state index in [0.717, 1.165) is 0 Å². The van der Waals surface area contributed by atoms with Crippen LogP contribution in [0.5, 0.6) is 5.75 Å². The Morgan fingerprint density at radius 1 is 1.28 bits per heavy atom. The predicted octanol–water partition coefficient (Wildman–Crippen LogP) is 2.50. The summed E-state index contributed by atoms with van der Waals surface area (Å²) < 4.78 is 35.1. The number of nitrogens with zero attached hydrogens (tertiary/aromatic N) is 5. The third kappa shape index (κ3) is 4.05. The highest BCUT2D eigenvalue weighted by atomic mass is 32.2. The first-order chi connectivity index (χ1) is 12.1. The number of thioether (sulfide) groups is 1. The van der Waals surface area contributed by atoms with Crippen molar-refractivity contribution in [1.82, 2.24) is 25.0 Å². The average molecular weight is 368 g/mol. The second kappa shape index (κ2) is 7.47. The lowest BCUT2D eigenvalue weighted by Gasteiger charge is -2.06. The topological polar surface area (TPSA) is 105 Å². The molecule has 3 aromatic rings. The zero-order valence-electron chi connectivity index (χ0n) is 13.1. The number of ether oxygens (including phenoxy) is 1. The fourth-order valence-electron chi connectivity index (χ4n) is 1.98. The number of nitrogen functional groups attached to an aromatic ring is 1. The van der Waals surface area contributed by atoms with Crippen LogP contribution in [0, 0.1) is 0 Å². The third-order valence-electron chi connectivity index (χ3n) is 3.15. The van der Waals surface area contributed by atoms with Crippen molar-refractivity contribution in [3.63, 3.8) is 0 Å². The first-order valence-corrected chi connectivity index (χ1v) is 8.25. The van der Waals surface area contributed by atoms with Crippen LogP contribution < -0.4 is 10.6 Å². The van der Waals surface area contributed by atoms with Gasteiger partial charge in [-0.15, -0.1) is 10.2 Å². The van der Waals surface area contributed by atoms with Crippen LogP contribution in [0.25, 0.3) is 11.4 Å². The zero-order chi connectivity index (χ0) is 17.8. The van der Waals surface area contributed by atoms with Crippen molar-refractivity contribution in [1.29, 1.82) is 0 Å². The summed E-state index contributed by atoms with van der Waals surface area (Å²) in [5.41, 5.74) is 0.620. The number of hydrogen-bond acceptors (Lipinski definition) is 8. The van der Waals surface area contributed by atoms with Crippen molar-refractivity contribution < 1.29 is 18.0 Å². The number of rotatable bonds is 7. The molecule has 3 rings (SSSR count). The molecule has 0 aliphatic heterocycles. The Morgan fingerprint density at radius 3 is 2.68 bits per heavy atom. The van der Waals surface area contributed by atoms with E-state index in [1.54, 1.807) is 12.1 Å². The molecule has 0 atom stereocenters. The van der Waals surface area contributed by atoms with Crippen LogP contribution in [-0.4, -0.2) is 31.6 Å². The summed E-state index contributed by atoms with van der Waals surface area (Å²) in [6.07, 6.45) is 0.691. The number of hydrogen-bond donors (Lipinski definition) is 1. The van der Waals surface area contributed by atoms with E-state index >= 15 is 0 Å². The summed E-state index contributed by atoms with van der Waals surface area (Å²) in [6, 6.07) is 5.97. The Hall–Kier alpha value is -2.69. The quantitative estimate of drug-likeness (QED) is 0.501. The van der Waals surface area contributed by atoms with Gasteiger partial charge >= 0.3 is 6.61 Å². The summed E-state index contributed by atoms with van der Waals surface area (Å²) >= 11 is 1.30. The van der Waals surface area contributed by atoms with Crippen molar-refractivity contribution in [2.75, 3.05) is 5.84 Å². The van der Waals surface area contributed by atoms with Gasteiger partial charge in [-0.2, -0.15) is 13.8 Å². The Balaban J connectivity index is 1.70. The largest absolute Gasteiger partial charge is 0.435 e. The van der Waals surface area contributed by atoms with Crippen molar-refractivity contribution in [3.05, 3.63) is 36.0 Å². The first-order valence-electron chi connectivity index (χ1n) is 7.26. The van der Waals surface area contributed by atoms with Crippen LogP contribution in [0.4, 0.5) is 8.78 Å². The number of benzene rings is 1. The van der Waals surface area contributed by atoms with Gasteiger partial charge in [-0.05, 0) is 24.3 Å². The van der Waals surface area contributed by atoms with Gasteiger partial charge in [0.05, 0.1) is 5.75 Å². The van der Waals surface area contributed by atoms with E-state index < -0.39 is 6.61 Å². The summed E-state index contributed by atoms with van der Waals surface area (Å²) in [4.78, 5) is 4.20. The monoisotopic (exact) mass is 368 g/mol. The van der Waals surface area contributed by atoms with Crippen LogP contribution in [0.15, 0.2) is 33.9 Å². The molecule has 0 amide bonds. The lowest BCUT2D eigenvalue weighted by atomic mass is 10.2. The molecule has 0 radical (unpaired) electrons. The number of nitrogens with two attached hydrogens (primary N) is 1. The number of aryl methyl sites for hydroxylation is 1. The van der Waals surface area contributed by atoms with Crippen LogP contribution in [0.2, 0.25) is 0 Å². The second-order valence-electron chi connectivity index (χ2n) is 4.83. The Morgan fingerprint density at radius 2 is 2.04 bits per heavy atom. The van der Waals surface area contributed by atoms with E-state index in [1.807, 2.05) is 6.92 Å². The minimum atomic E-state index is -2.87. The maximum atomic E-state index is 12.2. The molecule has 0 spiro atoms. The molecule has 0 fully saturated rings. The Kier molecular flexibility index (Phi) is 5.12. The summed E-state index contributed by atoms with van der Waals surface area (Å²) in [7, 11) is 0. The highest BCUT2D eigenvalue weighted by Gasteiger charge is 2.14. The third-order valence-corrected chi connectivity index (χ3v) is 4.08. The lowest BCUT2D eigenvalue weighted by Crippen LogP contribution is -2.11. The van der Waals surface area contributed by atoms with Gasteiger partial charge in [-0.3, -0.25) is 0 Å². The molecule has 0 bridgehead atoms. The molecule has 25 heavy (non-hydrogen) atoms. The molecule has 0 aliphatic rings. The van der Waals surface area contributed by atoms with E-state index in [4.69, 9.17) is 10.4 Å². The van der Waals surface area contributed by atoms with Crippen LogP contribution >= 0.6 is 11.8 Å². The van der Waals surface area contributed by atoms with Crippen LogP contribution in [0.1, 0.15) is 18.6 Å². The molecule has 0 saturated carbocycles. The fraction of sp³-hybridized carbons (Fsp3) is 0.286. The van der Waals surface area contributed by atoms with E-state index in [1.165, 1.54) is 28.6 Å². The number of alkyl halides is 2. The van der Waals surface area contributed by atoms with Gasteiger partial charge in [0.2, 0.25) is 11.0 Å². The molecule has 132 valence electrons. The van der Waals surface area contributed by atoms with Crippen molar-refractivity contribution >= 4 is 11.8 Å². The second-order valence-corrected chi connectivity index (χ2v) is 5.77. The van der Waals surface area contributed by atoms with E-state index in [2.05, 4.69) is 25.1 Å². The van der Waals surface area contributed by atoms with Gasteiger partial charge < -0.3 is 15.1 Å². The molecule has 1 aromatic carbocycles. The molecule has 2 aromatic heterocycles. The van der Waals surface area contributed by atoms with E-state index in [0.29, 0.717) is 40.4 Å². The predicted molar refractivity (Wildman–Crippen MR) is 85.5 cm³/mol. The highest BCUT2D eigenvalue weighted by molar-refractivity contribution is 7.98. The fourth-order valence-corrected chi connectivity index (χ4v) is 2.67. The maximum absolute atomic E-state index is 12.2. The van der Waals surface area contributed by atoms with Gasteiger partial charge in [0.15, 0.2) is 11.6 Å². The smallest absolute Gasteiger partial charge is 0.387 e. The minimum Gasteiger partial charge on any atom is -0.435 e. The molecular weight excluding hydrogens is 354 g/mol. The SMILES string of the molecule is CCc1noc(CSc2nnc(-c3ccc(OC(F)F)cc3)n2N)n1. The molecule has 0 aliphatic carbocycles. The van der Waals surface area contributed by atoms with Crippen molar-refractivity contribution in [2.45, 2.75) is 30.9 Å². The standard InChI is InChI=1S/C14H14F2N6O2S/c1-2-10-18-11(24-21-10)7-25-14-20-19-12(22(14)17)8-3-5-9(6-4-8)23-13(15)16/h3-6,13H,2,7,17H2,1H3. The molecule has 2 heterocycles. The summed E-state index contributed by atoms with van der Waals surface area (Å²) in [6.45, 7) is -0.938. The van der Waals surface area contributed by atoms with Gasteiger partial charge in [0, 0.05) is 12.0 Å². The molecular formula is C14H14F2N6O2S. The maximum Gasteiger partial charge on any atom is 0.387 e. The number of aromatic nitrogens is 5. The average Bonchev–Trinajstić information content (AvgIpc) is 3.20. The molecule has 2 N–H and O–H groups in total. The summed E-state index contributed by atoms with van der Waals surface area (Å²) in [5.74, 6) is 7.97. The minimum absolute atomic E-state index is 0.0551. The zero-order valence-corrected chi connectivity index (χ0v) is 13.9. The van der Waals surface area contributed by atoms with Gasteiger partial charge in [0.25, 0.3) is 0 Å². The van der Waals surface area contributed by atoms with Gasteiger partial charge in [-0.25, -0.2) is 4.68 Å². The van der Waals surface area contributed by atoms with Crippen molar-refractivity contribution in [2.24, 2.45) is 0 Å². The lowest BCUT2D eigenvalue weighted by molar-refractivity contribution is -0.0498. The molecule has 8 nitrogen and oxygen atoms in total. The highest BCUT2D eigenvalue weighted by Crippen LogP contribution is 2.25. The molecule has 0 unspecified atom stereocenters. The van der Waals surface area contributed by atoms with E-state index in [9.17, 15) is 8.78 Å². The van der Waals surface area contributed by atoms with Crippen LogP contribution in [0.3, 0.4) is 0 Å². The van der Waals surface area contributed by atoms with Crippen LogP contribution in [-0.2, 0) is 12.2 Å². The Bertz CT molecular complexity index is 836. The van der Waals surface area contributed by atoms with Crippen molar-refractivity contribution in [3.8, 4) is 17.1 Å². The normalized spacial score (nSPS) is 11.2. The number of halogens is 2. The summed E-state index contributed by atoms with van der Waals surface area (Å²) in [5, 5.41) is 12.3. The molecule has 11 heteroatoms. The Labute approximate surface area is 145 Å². The van der Waals surface area contributed by atoms with Gasteiger partial charge in [0.1, 0.15) is 5.75 Å².